The SMILES string of the molecule is COc1cccc(-c2cn[nH]c2C2CCN(C(=O)Cn3nccc3C)CC2)c1. The lowest BCUT2D eigenvalue weighted by Gasteiger charge is -2.32. The first kappa shape index (κ1) is 18.3. The first-order valence-corrected chi connectivity index (χ1v) is 9.59. The standard InChI is InChI=1S/C21H25N5O2/c1-15-6-9-23-26(15)14-20(27)25-10-7-16(8-11-25)21-19(13-22-24-21)17-4-3-5-18(12-17)28-2/h3-6,9,12-13,16H,7-8,10-11,14H2,1-2H3,(H,22,24). The number of H-pyrrole nitrogens is 1. The Morgan fingerprint density at radius 2 is 2.11 bits per heavy atom. The van der Waals surface area contributed by atoms with Crippen molar-refractivity contribution in [2.24, 2.45) is 0 Å². The lowest BCUT2D eigenvalue weighted by molar-refractivity contribution is -0.133. The number of aryl methyl sites for hydroxylation is 1. The summed E-state index contributed by atoms with van der Waals surface area (Å²) < 4.78 is 7.10. The number of benzene rings is 1. The maximum atomic E-state index is 12.6. The number of piperidine rings is 1. The number of hydrogen-bond donors (Lipinski definition) is 1. The van der Waals surface area contributed by atoms with E-state index in [1.165, 1.54) is 0 Å². The van der Waals surface area contributed by atoms with Crippen molar-refractivity contribution < 1.29 is 9.53 Å². The Bertz CT molecular complexity index is 953. The maximum absolute atomic E-state index is 12.6. The second kappa shape index (κ2) is 7.88. The number of likely N-dealkylation sites (tertiary alicyclic amines) is 1. The van der Waals surface area contributed by atoms with Gasteiger partial charge in [-0.05, 0) is 43.5 Å². The minimum atomic E-state index is 0.128. The first-order chi connectivity index (χ1) is 13.7. The monoisotopic (exact) mass is 379 g/mol. The molecule has 1 N–H and O–H groups in total. The smallest absolute Gasteiger partial charge is 0.244 e. The van der Waals surface area contributed by atoms with Gasteiger partial charge in [-0.25, -0.2) is 0 Å². The number of aromatic nitrogens is 4. The molecule has 7 heteroatoms. The molecule has 0 spiro atoms. The van der Waals surface area contributed by atoms with Crippen molar-refractivity contribution in [1.29, 1.82) is 0 Å². The molecule has 7 nitrogen and oxygen atoms in total. The number of ether oxygens (including phenoxy) is 1. The van der Waals surface area contributed by atoms with Crippen molar-refractivity contribution in [1.82, 2.24) is 24.9 Å². The number of carbonyl (C=O) groups is 1. The lowest BCUT2D eigenvalue weighted by Crippen LogP contribution is -2.40. The Hall–Kier alpha value is -3.09. The fourth-order valence-electron chi connectivity index (χ4n) is 3.84. The van der Waals surface area contributed by atoms with Crippen LogP contribution in [0.15, 0.2) is 42.7 Å². The molecule has 3 heterocycles. The molecule has 0 bridgehead atoms. The van der Waals surface area contributed by atoms with E-state index in [0.717, 1.165) is 54.2 Å². The molecule has 1 aliphatic heterocycles. The van der Waals surface area contributed by atoms with Gasteiger partial charge in [-0.3, -0.25) is 14.6 Å². The van der Waals surface area contributed by atoms with Crippen molar-refractivity contribution in [3.05, 3.63) is 54.1 Å². The Kier molecular flexibility index (Phi) is 5.14. The number of aromatic amines is 1. The molecule has 1 amide bonds. The van der Waals surface area contributed by atoms with Gasteiger partial charge in [0, 0.05) is 42.2 Å². The topological polar surface area (TPSA) is 76.0 Å². The van der Waals surface area contributed by atoms with E-state index in [1.807, 2.05) is 42.3 Å². The van der Waals surface area contributed by atoms with Crippen LogP contribution in [0, 0.1) is 6.92 Å². The highest BCUT2D eigenvalue weighted by Gasteiger charge is 2.27. The van der Waals surface area contributed by atoms with Gasteiger partial charge in [0.1, 0.15) is 12.3 Å². The summed E-state index contributed by atoms with van der Waals surface area (Å²) in [5, 5.41) is 11.7. The average Bonchev–Trinajstić information content (AvgIpc) is 3.37. The second-order valence-electron chi connectivity index (χ2n) is 7.21. The number of rotatable bonds is 5. The fraction of sp³-hybridized carbons (Fsp3) is 0.381. The van der Waals surface area contributed by atoms with Crippen LogP contribution in [0.5, 0.6) is 5.75 Å². The van der Waals surface area contributed by atoms with Gasteiger partial charge in [-0.15, -0.1) is 0 Å². The zero-order chi connectivity index (χ0) is 19.5. The molecule has 3 aromatic rings. The number of nitrogens with one attached hydrogen (secondary N) is 1. The summed E-state index contributed by atoms with van der Waals surface area (Å²) in [5.74, 6) is 1.32. The minimum absolute atomic E-state index is 0.128. The van der Waals surface area contributed by atoms with Crippen molar-refractivity contribution in [3.8, 4) is 16.9 Å². The molecule has 0 saturated carbocycles. The zero-order valence-electron chi connectivity index (χ0n) is 16.3. The summed E-state index contributed by atoms with van der Waals surface area (Å²) in [4.78, 5) is 14.5. The van der Waals surface area contributed by atoms with Gasteiger partial charge in [0.25, 0.3) is 0 Å². The molecule has 0 aliphatic carbocycles. The number of nitrogens with zero attached hydrogens (tertiary/aromatic N) is 4. The molecule has 1 aliphatic rings. The predicted molar refractivity (Wildman–Crippen MR) is 106 cm³/mol. The van der Waals surface area contributed by atoms with Crippen molar-refractivity contribution in [2.75, 3.05) is 20.2 Å². The molecule has 1 saturated heterocycles. The Labute approximate surface area is 164 Å². The average molecular weight is 379 g/mol. The molecular formula is C21H25N5O2. The third-order valence-electron chi connectivity index (χ3n) is 5.52. The van der Waals surface area contributed by atoms with Crippen LogP contribution in [0.25, 0.3) is 11.1 Å². The normalized spacial score (nSPS) is 15.0. The summed E-state index contributed by atoms with van der Waals surface area (Å²) >= 11 is 0. The molecular weight excluding hydrogens is 354 g/mol. The van der Waals surface area contributed by atoms with Gasteiger partial charge in [-0.1, -0.05) is 12.1 Å². The summed E-state index contributed by atoms with van der Waals surface area (Å²) in [7, 11) is 1.67. The minimum Gasteiger partial charge on any atom is -0.497 e. The van der Waals surface area contributed by atoms with E-state index in [2.05, 4.69) is 21.4 Å². The van der Waals surface area contributed by atoms with Crippen LogP contribution in [0.2, 0.25) is 0 Å². The molecule has 4 rings (SSSR count). The Morgan fingerprint density at radius 1 is 1.29 bits per heavy atom. The van der Waals surface area contributed by atoms with Crippen molar-refractivity contribution >= 4 is 5.91 Å². The zero-order valence-corrected chi connectivity index (χ0v) is 16.3. The van der Waals surface area contributed by atoms with Crippen LogP contribution in [0.4, 0.5) is 0 Å². The van der Waals surface area contributed by atoms with E-state index in [-0.39, 0.29) is 5.91 Å². The van der Waals surface area contributed by atoms with Gasteiger partial charge < -0.3 is 9.64 Å². The number of carbonyl (C=O) groups excluding carboxylic acids is 1. The highest BCUT2D eigenvalue weighted by molar-refractivity contribution is 5.76. The predicted octanol–water partition coefficient (Wildman–Crippen LogP) is 3.00. The van der Waals surface area contributed by atoms with Gasteiger partial charge >= 0.3 is 0 Å². The number of hydrogen-bond acceptors (Lipinski definition) is 4. The summed E-state index contributed by atoms with van der Waals surface area (Å²) in [6.07, 6.45) is 5.45. The maximum Gasteiger partial charge on any atom is 0.244 e. The van der Waals surface area contributed by atoms with Crippen LogP contribution >= 0.6 is 0 Å². The van der Waals surface area contributed by atoms with Crippen LogP contribution in [-0.4, -0.2) is 51.0 Å². The fourth-order valence-corrected chi connectivity index (χ4v) is 3.84. The van der Waals surface area contributed by atoms with Gasteiger partial charge in [-0.2, -0.15) is 10.2 Å². The van der Waals surface area contributed by atoms with Crippen LogP contribution in [0.3, 0.4) is 0 Å². The molecule has 1 fully saturated rings. The molecule has 0 unspecified atom stereocenters. The first-order valence-electron chi connectivity index (χ1n) is 9.59. The van der Waals surface area contributed by atoms with Gasteiger partial charge in [0.2, 0.25) is 5.91 Å². The van der Waals surface area contributed by atoms with E-state index >= 15 is 0 Å². The summed E-state index contributed by atoms with van der Waals surface area (Å²) in [5.41, 5.74) is 4.35. The van der Waals surface area contributed by atoms with Gasteiger partial charge in [0.15, 0.2) is 0 Å². The van der Waals surface area contributed by atoms with Crippen LogP contribution in [-0.2, 0) is 11.3 Å². The Balaban J connectivity index is 1.42. The van der Waals surface area contributed by atoms with Crippen molar-refractivity contribution in [3.63, 3.8) is 0 Å². The number of amides is 1. The number of methoxy groups -OCH3 is 1. The van der Waals surface area contributed by atoms with Crippen LogP contribution in [0.1, 0.15) is 30.1 Å². The molecule has 0 atom stereocenters. The van der Waals surface area contributed by atoms with Crippen molar-refractivity contribution in [2.45, 2.75) is 32.2 Å². The van der Waals surface area contributed by atoms with Gasteiger partial charge in [0.05, 0.1) is 13.3 Å². The molecule has 1 aromatic carbocycles. The third kappa shape index (κ3) is 3.65. The van der Waals surface area contributed by atoms with Crippen LogP contribution < -0.4 is 4.74 Å². The highest BCUT2D eigenvalue weighted by Crippen LogP contribution is 2.34. The van der Waals surface area contributed by atoms with E-state index in [1.54, 1.807) is 18.0 Å². The van der Waals surface area contributed by atoms with E-state index in [4.69, 9.17) is 4.74 Å². The summed E-state index contributed by atoms with van der Waals surface area (Å²) in [6.45, 7) is 3.77. The quantitative estimate of drug-likeness (QED) is 0.739. The van der Waals surface area contributed by atoms with E-state index in [0.29, 0.717) is 12.5 Å². The molecule has 146 valence electrons. The van der Waals surface area contributed by atoms with E-state index < -0.39 is 0 Å². The third-order valence-corrected chi connectivity index (χ3v) is 5.52. The molecule has 28 heavy (non-hydrogen) atoms. The molecule has 2 aromatic heterocycles. The molecule has 0 radical (unpaired) electrons. The Morgan fingerprint density at radius 3 is 2.82 bits per heavy atom. The largest absolute Gasteiger partial charge is 0.497 e. The lowest BCUT2D eigenvalue weighted by atomic mass is 9.89. The van der Waals surface area contributed by atoms with E-state index in [9.17, 15) is 4.79 Å². The highest BCUT2D eigenvalue weighted by atomic mass is 16.5. The second-order valence-corrected chi connectivity index (χ2v) is 7.21. The summed E-state index contributed by atoms with van der Waals surface area (Å²) in [6, 6.07) is 9.94.